The van der Waals surface area contributed by atoms with Crippen LogP contribution >= 0.6 is 0 Å². The Morgan fingerprint density at radius 3 is 1.07 bits per heavy atom. The van der Waals surface area contributed by atoms with Gasteiger partial charge in [0, 0.05) is 146 Å². The van der Waals surface area contributed by atoms with Crippen LogP contribution in [0.25, 0.3) is 67.3 Å². The molecule has 3 aliphatic rings. The van der Waals surface area contributed by atoms with Gasteiger partial charge in [-0.2, -0.15) is 15.3 Å². The number of aromatic amines is 3. The van der Waals surface area contributed by atoms with Gasteiger partial charge in [0.15, 0.2) is 69.3 Å². The number of amides is 5. The van der Waals surface area contributed by atoms with E-state index in [9.17, 15) is 75.3 Å². The number of carbonyl (C=O) groups excluding carboxylic acids is 5. The smallest absolute Gasteiger partial charge is 0.307 e. The largest absolute Gasteiger partial charge is 0.503 e. The van der Waals surface area contributed by atoms with Crippen LogP contribution in [0.3, 0.4) is 0 Å². The van der Waals surface area contributed by atoms with E-state index in [1.807, 2.05) is 134 Å². The van der Waals surface area contributed by atoms with Gasteiger partial charge in [0.1, 0.15) is 47.7 Å². The number of hydrogen-bond donors (Lipinski definition) is 8. The normalized spacial score (nSPS) is 13.6. The molecule has 17 rings (SSSR count). The lowest BCUT2D eigenvalue weighted by Crippen LogP contribution is -2.46. The van der Waals surface area contributed by atoms with Crippen molar-refractivity contribution in [2.24, 2.45) is 41.2 Å². The van der Waals surface area contributed by atoms with Gasteiger partial charge in [-0.25, -0.2) is 56.2 Å². The molecule has 40 heteroatoms. The molecule has 9 N–H and O–H groups in total. The molecule has 14 aromatic rings. The number of halogens is 6. The van der Waals surface area contributed by atoms with Crippen molar-refractivity contribution in [3.63, 3.8) is 0 Å². The monoisotopic (exact) mass is 1950 g/mol. The summed E-state index contributed by atoms with van der Waals surface area (Å²) in [5, 5.41) is 47.5. The van der Waals surface area contributed by atoms with E-state index in [0.717, 1.165) is 29.7 Å². The number of carboxylic acids is 1. The summed E-state index contributed by atoms with van der Waals surface area (Å²) >= 11 is 0. The fourth-order valence-electron chi connectivity index (χ4n) is 17.0. The van der Waals surface area contributed by atoms with E-state index >= 15 is 4.39 Å². The van der Waals surface area contributed by atoms with Gasteiger partial charge >= 0.3 is 5.97 Å². The van der Waals surface area contributed by atoms with Crippen molar-refractivity contribution < 1.29 is 74.8 Å². The lowest BCUT2D eigenvalue weighted by Gasteiger charge is -2.35. The number of fused-ring (bicyclic) bond motifs is 6. The number of nitrogens with two attached hydrogens (primary N) is 1. The van der Waals surface area contributed by atoms with Crippen molar-refractivity contribution in [3.05, 3.63) is 280 Å². The summed E-state index contributed by atoms with van der Waals surface area (Å²) in [5.74, 6) is -9.26. The van der Waals surface area contributed by atoms with Crippen LogP contribution in [0, 0.1) is 70.4 Å². The molecule has 3 aliphatic heterocycles. The Kier molecular flexibility index (Phi) is 32.9. The molecule has 0 saturated heterocycles. The second kappa shape index (κ2) is 45.1. The average molecular weight is 1950 g/mol. The second-order valence-electron chi connectivity index (χ2n) is 36.2. The first-order chi connectivity index (χ1) is 67.4. The van der Waals surface area contributed by atoms with Crippen LogP contribution < -0.4 is 42.1 Å². The van der Waals surface area contributed by atoms with Crippen LogP contribution in [0.1, 0.15) is 167 Å². The zero-order valence-electron chi connectivity index (χ0n) is 79.5. The van der Waals surface area contributed by atoms with Crippen LogP contribution in [0.15, 0.2) is 166 Å². The maximum absolute atomic E-state index is 15.1. The lowest BCUT2D eigenvalue weighted by atomic mass is 9.90. The van der Waals surface area contributed by atoms with Gasteiger partial charge in [0.05, 0.1) is 71.2 Å². The zero-order chi connectivity index (χ0) is 101. The first-order valence-electron chi connectivity index (χ1n) is 46.1. The van der Waals surface area contributed by atoms with Crippen molar-refractivity contribution in [2.75, 3.05) is 19.6 Å². The van der Waals surface area contributed by atoms with Gasteiger partial charge in [-0.1, -0.05) is 110 Å². The van der Waals surface area contributed by atoms with Crippen LogP contribution in [0.5, 0.6) is 17.2 Å². The number of rotatable bonds is 29. The third-order valence-electron chi connectivity index (χ3n) is 24.9. The van der Waals surface area contributed by atoms with Crippen LogP contribution in [0.4, 0.5) is 26.3 Å². The molecule has 5 amide bonds. The van der Waals surface area contributed by atoms with Gasteiger partial charge in [-0.05, 0) is 125 Å². The highest BCUT2D eigenvalue weighted by Crippen LogP contribution is 2.34. The molecule has 0 aliphatic carbocycles. The quantitative estimate of drug-likeness (QED) is 0.0202. The minimum Gasteiger partial charge on any atom is -0.503 e. The second-order valence-corrected chi connectivity index (χ2v) is 36.2. The topological polar surface area (TPSA) is 451 Å². The van der Waals surface area contributed by atoms with Gasteiger partial charge in [-0.3, -0.25) is 58.4 Å². The van der Waals surface area contributed by atoms with Crippen LogP contribution in [-0.2, 0) is 86.1 Å². The highest BCUT2D eigenvalue weighted by molar-refractivity contribution is 5.99. The molecule has 0 unspecified atom stereocenters. The summed E-state index contributed by atoms with van der Waals surface area (Å²) in [4.78, 5) is 146. The van der Waals surface area contributed by atoms with Crippen molar-refractivity contribution in [2.45, 2.75) is 180 Å². The number of nitrogens with zero attached hydrogens (tertiary/aromatic N) is 15. The Hall–Kier alpha value is -15.6. The van der Waals surface area contributed by atoms with E-state index in [0.29, 0.717) is 94.8 Å². The zero-order valence-corrected chi connectivity index (χ0v) is 79.5. The molecule has 744 valence electrons. The van der Waals surface area contributed by atoms with Gasteiger partial charge in [0.2, 0.25) is 28.1 Å². The van der Waals surface area contributed by atoms with Crippen molar-refractivity contribution >= 4 is 68.2 Å². The number of nitrogens with one attached hydrogen (secondary N) is 5. The maximum atomic E-state index is 15.1. The summed E-state index contributed by atoms with van der Waals surface area (Å²) in [6.07, 6.45) is 2.83. The first kappa shape index (κ1) is 104. The highest BCUT2D eigenvalue weighted by Gasteiger charge is 2.38. The molecule has 3 atom stereocenters. The Balaban J connectivity index is 0.000000165. The predicted octanol–water partition coefficient (Wildman–Crippen LogP) is 13.8. The minimum atomic E-state index is -1.01. The summed E-state index contributed by atoms with van der Waals surface area (Å²) in [7, 11) is 0. The predicted molar refractivity (Wildman–Crippen MR) is 517 cm³/mol. The number of benzene rings is 5. The number of aromatic hydroxyl groups is 1. The summed E-state index contributed by atoms with van der Waals surface area (Å²) in [6.45, 7) is 25.4. The van der Waals surface area contributed by atoms with Crippen molar-refractivity contribution in [1.29, 1.82) is 0 Å². The summed E-state index contributed by atoms with van der Waals surface area (Å²) in [5.41, 5.74) is 10.4. The highest BCUT2D eigenvalue weighted by atomic mass is 19.1. The Labute approximate surface area is 811 Å². The summed E-state index contributed by atoms with van der Waals surface area (Å²) in [6, 6.07) is 35.2. The van der Waals surface area contributed by atoms with Crippen LogP contribution in [-0.4, -0.2) is 172 Å². The molecule has 0 bridgehead atoms. The number of H-pyrrole nitrogens is 3. The van der Waals surface area contributed by atoms with Gasteiger partial charge in [-0.15, -0.1) is 0 Å². The van der Waals surface area contributed by atoms with E-state index in [2.05, 4.69) is 71.1 Å². The SMILES string of the molecule is C.CC(C)N1CCn2c(CN)cc(=O)c(OCc3ccccc3)c2C1=O.CC(C)[C@H](Cc1nc(-c2n[nH]c3ccc(F)cc23)ncc1F)C(=O)NCc1cc(=O)c(O)c2n1CCN(C(C)C)C2=O.CC(C)[C@H](Cc1nc(-c2n[nH]c3ccc(F)cc23)ncc1F)C(=O)NCc1cc(=O)c(OCc2ccccc2)c2n1CCN(C(C)C)C2=O.CC(C)[C@H](Cc1nc(-c2n[nH]c3ccc(F)cc23)ncc1F)C(=O)O. The number of carbonyl (C=O) groups is 6. The Morgan fingerprint density at radius 2 is 0.739 bits per heavy atom. The van der Waals surface area contributed by atoms with Crippen molar-refractivity contribution in [1.82, 2.24) is 99.5 Å². The molecule has 12 heterocycles. The lowest BCUT2D eigenvalue weighted by molar-refractivity contribution is -0.143. The fourth-order valence-corrected chi connectivity index (χ4v) is 17.0. The molecule has 34 nitrogen and oxygen atoms in total. The maximum Gasteiger partial charge on any atom is 0.307 e. The fraction of sp³-hybridized carbons (Fsp3) is 0.353. The summed E-state index contributed by atoms with van der Waals surface area (Å²) < 4.78 is 102. The van der Waals surface area contributed by atoms with Gasteiger partial charge in [0.25, 0.3) is 17.7 Å². The number of aromatic nitrogens is 15. The van der Waals surface area contributed by atoms with E-state index in [-0.39, 0.29) is 193 Å². The van der Waals surface area contributed by atoms with Gasteiger partial charge < -0.3 is 64.5 Å². The minimum absolute atomic E-state index is 0. The Bertz CT molecular complexity index is 7230. The Morgan fingerprint density at radius 1 is 0.423 bits per heavy atom. The molecule has 5 aromatic carbocycles. The van der Waals surface area contributed by atoms with Crippen LogP contribution in [0.2, 0.25) is 0 Å². The number of pyridine rings is 3. The third-order valence-corrected chi connectivity index (χ3v) is 24.9. The molecular weight excluding hydrogens is 1840 g/mol. The van der Waals surface area contributed by atoms with E-state index in [1.54, 1.807) is 37.7 Å². The standard InChI is InChI=1S/C36H37F2N7O4.C29H31F2N7O4.C19H23N3O3.C17H16F2N4O2.CH4/c1-20(2)25(16-29-27(38)18-39-34(41-29)31-26-14-23(37)10-11-28(26)42-43-31)35(47)40-17-24-15-30(46)33(49-19-22-8-6-5-7-9-22)32-36(48)44(21(3)4)12-13-45(24)32;1-14(2)18(11-22-20(31)13-32-27(34-22)24-19-9-16(30)5-6-21(19)35-36-24)28(41)33-12-17-10-23(39)26(40)25-29(42)37(15(3)4)7-8-38(17)25;1-13(2)21-8-9-22-15(11-20)10-16(23)18(17(22)19(21)24)25-12-14-6-4-3-5-7-14;1-8(2)10(17(24)25)6-14-12(19)7-20-16(21-14)15-11-5-9(18)3-4-13(11)22-23-15;/h5-11,14-15,18,20-21,25H,12-13,16-17,19H2,1-4H3,(H,40,47)(H,42,43);5-6,9-10,13-15,18,40H,7-8,11-12H2,1-4H3,(H,33,41)(H,35,36);3-7,10,13H,8-9,11-12,20H2,1-2H3;3-5,7-8,10H,6H2,1-2H3,(H,22,23)(H,24,25);1H4/t25-;18-;;10-;/m00.0./s1. The molecule has 0 radical (unpaired) electrons. The van der Waals surface area contributed by atoms with E-state index in [1.165, 1.54) is 72.8 Å². The average Bonchev–Trinajstić information content (AvgIpc) is 0.988. The molecule has 9 aromatic heterocycles. The molecule has 0 fully saturated rings. The van der Waals surface area contributed by atoms with Crippen molar-refractivity contribution in [3.8, 4) is 51.8 Å². The van der Waals surface area contributed by atoms with E-state index in [4.69, 9.17) is 15.2 Å². The number of ether oxygens (including phenoxy) is 2. The molecule has 0 saturated carbocycles. The molecule has 0 spiro atoms. The first-order valence-corrected chi connectivity index (χ1v) is 46.1. The number of hydrogen-bond acceptors (Lipinski definition) is 22. The third kappa shape index (κ3) is 23.1. The number of aliphatic carboxylic acids is 1. The molecular formula is C102H111F6N21O13. The van der Waals surface area contributed by atoms with E-state index < -0.39 is 87.0 Å². The molecule has 142 heavy (non-hydrogen) atoms. The number of carboxylic acid groups (broad SMARTS) is 1.